The number of nitrogens with two attached hydrogens (primary N) is 1. The van der Waals surface area contributed by atoms with Crippen LogP contribution in [-0.2, 0) is 12.0 Å². The highest BCUT2D eigenvalue weighted by molar-refractivity contribution is 5.71. The van der Waals surface area contributed by atoms with Crippen LogP contribution >= 0.6 is 0 Å². The molecule has 2 amide bonds. The van der Waals surface area contributed by atoms with Gasteiger partial charge in [0.15, 0.2) is 0 Å². The Balaban J connectivity index is 1.76. The third-order valence-corrected chi connectivity index (χ3v) is 5.21. The summed E-state index contributed by atoms with van der Waals surface area (Å²) in [5.41, 5.74) is 13.5. The number of urea groups is 1. The number of ether oxygens (including phenoxy) is 2. The Morgan fingerprint density at radius 1 is 1.44 bits per heavy atom. The molecule has 0 aromatic heterocycles. The second-order valence-electron chi connectivity index (χ2n) is 6.82. The van der Waals surface area contributed by atoms with Gasteiger partial charge in [0.2, 0.25) is 0 Å². The second-order valence-corrected chi connectivity index (χ2v) is 6.82. The van der Waals surface area contributed by atoms with Gasteiger partial charge in [-0.2, -0.15) is 0 Å². The highest BCUT2D eigenvalue weighted by atomic mass is 16.5. The molecule has 4 N–H and O–H groups in total. The number of nitrogens with zero attached hydrogens (tertiary/aromatic N) is 1. The summed E-state index contributed by atoms with van der Waals surface area (Å²) in [4.78, 5) is 13.2. The Kier molecular flexibility index (Phi) is 3.61. The normalized spacial score (nSPS) is 24.1. The maximum Gasteiger partial charge on any atom is 0.330 e. The van der Waals surface area contributed by atoms with Crippen LogP contribution in [0.4, 0.5) is 4.79 Å². The monoisotopic (exact) mass is 342 g/mol. The number of methoxy groups -OCH3 is 1. The highest BCUT2D eigenvalue weighted by Crippen LogP contribution is 2.55. The van der Waals surface area contributed by atoms with Crippen molar-refractivity contribution in [3.05, 3.63) is 46.9 Å². The van der Waals surface area contributed by atoms with Crippen molar-refractivity contribution in [2.45, 2.75) is 24.8 Å². The van der Waals surface area contributed by atoms with Crippen molar-refractivity contribution < 1.29 is 14.3 Å². The molecule has 1 atom stereocenters. The van der Waals surface area contributed by atoms with Crippen molar-refractivity contribution in [3.63, 3.8) is 0 Å². The van der Waals surface area contributed by atoms with Crippen LogP contribution in [0.3, 0.4) is 0 Å². The maximum absolute atomic E-state index is 10.9. The minimum Gasteiger partial charge on any atom is -0.497 e. The number of nitrogens with one attached hydrogen (secondary N) is 2. The molecule has 4 rings (SSSR count). The summed E-state index contributed by atoms with van der Waals surface area (Å²) >= 11 is 0. The van der Waals surface area contributed by atoms with E-state index in [0.717, 1.165) is 48.9 Å². The van der Waals surface area contributed by atoms with Crippen molar-refractivity contribution in [1.29, 1.82) is 0 Å². The average Bonchev–Trinajstić information content (AvgIpc) is 2.83. The number of carbonyl (C=O) groups is 1. The third kappa shape index (κ3) is 2.51. The van der Waals surface area contributed by atoms with Crippen LogP contribution in [-0.4, -0.2) is 31.6 Å². The lowest BCUT2D eigenvalue weighted by Crippen LogP contribution is -2.41. The lowest BCUT2D eigenvalue weighted by molar-refractivity contribution is 0.246. The molecule has 0 bridgehead atoms. The Labute approximate surface area is 146 Å². The molecular weight excluding hydrogens is 320 g/mol. The van der Waals surface area contributed by atoms with Gasteiger partial charge in [0.05, 0.1) is 18.2 Å². The number of hydrogen-bond donors (Lipinski definition) is 3. The Morgan fingerprint density at radius 2 is 2.28 bits per heavy atom. The van der Waals surface area contributed by atoms with Crippen molar-refractivity contribution in [2.75, 3.05) is 20.7 Å². The largest absolute Gasteiger partial charge is 0.497 e. The lowest BCUT2D eigenvalue weighted by Gasteiger charge is -2.31. The molecule has 25 heavy (non-hydrogen) atoms. The zero-order valence-corrected chi connectivity index (χ0v) is 14.4. The number of rotatable bonds is 3. The first-order valence-corrected chi connectivity index (χ1v) is 8.33. The minimum atomic E-state index is -0.627. The smallest absolute Gasteiger partial charge is 0.330 e. The van der Waals surface area contributed by atoms with Gasteiger partial charge < -0.3 is 20.1 Å². The van der Waals surface area contributed by atoms with Gasteiger partial charge in [-0.1, -0.05) is 6.08 Å². The highest BCUT2D eigenvalue weighted by Gasteiger charge is 2.49. The fourth-order valence-electron chi connectivity index (χ4n) is 4.03. The molecular formula is C18H22N4O3. The van der Waals surface area contributed by atoms with Crippen molar-refractivity contribution >= 4 is 6.03 Å². The molecule has 0 fully saturated rings. The summed E-state index contributed by atoms with van der Waals surface area (Å²) in [6, 6.07) is 3.44. The number of amides is 2. The number of benzene rings is 1. The zero-order chi connectivity index (χ0) is 17.6. The van der Waals surface area contributed by atoms with Crippen LogP contribution in [0.2, 0.25) is 0 Å². The number of hydrazine groups is 1. The SMILES string of the molecule is COc1cc2c3c(c1)OC1=CC(NNC(N)=O)=CCC13CCN(C)C2. The summed E-state index contributed by atoms with van der Waals surface area (Å²) in [6.45, 7) is 1.85. The van der Waals surface area contributed by atoms with Gasteiger partial charge in [-0.05, 0) is 38.1 Å². The van der Waals surface area contributed by atoms with E-state index in [-0.39, 0.29) is 5.41 Å². The Bertz CT molecular complexity index is 802. The molecule has 0 saturated carbocycles. The van der Waals surface area contributed by atoms with E-state index in [1.54, 1.807) is 7.11 Å². The number of allylic oxidation sites excluding steroid dienone is 3. The van der Waals surface area contributed by atoms with Crippen LogP contribution in [0.1, 0.15) is 24.0 Å². The molecule has 2 aliphatic heterocycles. The minimum absolute atomic E-state index is 0.153. The van der Waals surface area contributed by atoms with Gasteiger partial charge in [-0.15, -0.1) is 0 Å². The number of hydrogen-bond acceptors (Lipinski definition) is 5. The van der Waals surface area contributed by atoms with Crippen molar-refractivity contribution in [3.8, 4) is 11.5 Å². The first kappa shape index (κ1) is 15.8. The van der Waals surface area contributed by atoms with E-state index in [0.29, 0.717) is 0 Å². The van der Waals surface area contributed by atoms with Crippen molar-refractivity contribution in [2.24, 2.45) is 5.73 Å². The van der Waals surface area contributed by atoms with Gasteiger partial charge in [0.1, 0.15) is 17.3 Å². The molecule has 0 saturated heterocycles. The predicted molar refractivity (Wildman–Crippen MR) is 92.9 cm³/mol. The third-order valence-electron chi connectivity index (χ3n) is 5.21. The van der Waals surface area contributed by atoms with Gasteiger partial charge >= 0.3 is 6.03 Å². The molecule has 1 spiro atoms. The molecule has 7 nitrogen and oxygen atoms in total. The van der Waals surface area contributed by atoms with E-state index < -0.39 is 6.03 Å². The Morgan fingerprint density at radius 3 is 3.04 bits per heavy atom. The summed E-state index contributed by atoms with van der Waals surface area (Å²) < 4.78 is 11.7. The van der Waals surface area contributed by atoms with E-state index in [9.17, 15) is 4.79 Å². The number of carbonyl (C=O) groups excluding carboxylic acids is 1. The first-order valence-electron chi connectivity index (χ1n) is 8.33. The molecule has 1 aromatic carbocycles. The molecule has 1 aromatic rings. The molecule has 7 heteroatoms. The first-order chi connectivity index (χ1) is 12.0. The van der Waals surface area contributed by atoms with Gasteiger partial charge in [0, 0.05) is 24.3 Å². The van der Waals surface area contributed by atoms with E-state index in [1.807, 2.05) is 12.1 Å². The summed E-state index contributed by atoms with van der Waals surface area (Å²) in [5, 5.41) is 0. The van der Waals surface area contributed by atoms with E-state index in [4.69, 9.17) is 15.2 Å². The average molecular weight is 342 g/mol. The summed E-state index contributed by atoms with van der Waals surface area (Å²) in [6.07, 6.45) is 5.81. The van der Waals surface area contributed by atoms with E-state index >= 15 is 0 Å². The fourth-order valence-corrected chi connectivity index (χ4v) is 4.03. The molecule has 0 radical (unpaired) electrons. The van der Waals surface area contributed by atoms with Gasteiger partial charge in [-0.3, -0.25) is 10.9 Å². The quantitative estimate of drug-likeness (QED) is 0.725. The summed E-state index contributed by atoms with van der Waals surface area (Å²) in [7, 11) is 3.81. The Hall–Kier alpha value is -2.67. The van der Waals surface area contributed by atoms with E-state index in [1.165, 1.54) is 11.1 Å². The van der Waals surface area contributed by atoms with Crippen LogP contribution in [0, 0.1) is 0 Å². The lowest BCUT2D eigenvalue weighted by atomic mass is 9.71. The van der Waals surface area contributed by atoms with Crippen LogP contribution in [0.5, 0.6) is 11.5 Å². The fraction of sp³-hybridized carbons (Fsp3) is 0.389. The van der Waals surface area contributed by atoms with Crippen LogP contribution < -0.4 is 26.1 Å². The molecule has 1 aliphatic carbocycles. The second kappa shape index (κ2) is 5.70. The zero-order valence-electron chi connectivity index (χ0n) is 14.4. The number of primary amides is 1. The van der Waals surface area contributed by atoms with Crippen LogP contribution in [0.25, 0.3) is 0 Å². The molecule has 2 heterocycles. The topological polar surface area (TPSA) is 88.9 Å². The van der Waals surface area contributed by atoms with Gasteiger partial charge in [0.25, 0.3) is 0 Å². The molecule has 1 unspecified atom stereocenters. The van der Waals surface area contributed by atoms with Crippen LogP contribution in [0.15, 0.2) is 35.7 Å². The standard InChI is InChI=1S/C18H22N4O3/c1-22-6-5-18-4-3-12(20-21-17(19)23)8-15(18)25-14-9-13(24-2)7-11(10-22)16(14)18/h3,7-9,20H,4-6,10H2,1-2H3,(H3,19,21,23). The maximum atomic E-state index is 10.9. The molecule has 3 aliphatic rings. The van der Waals surface area contributed by atoms with Crippen molar-refractivity contribution in [1.82, 2.24) is 15.8 Å². The molecule has 132 valence electrons. The van der Waals surface area contributed by atoms with E-state index in [2.05, 4.69) is 34.9 Å². The predicted octanol–water partition coefficient (Wildman–Crippen LogP) is 1.51. The summed E-state index contributed by atoms with van der Waals surface area (Å²) in [5.74, 6) is 2.58. The van der Waals surface area contributed by atoms with Gasteiger partial charge in [-0.25, -0.2) is 4.79 Å².